The van der Waals surface area contributed by atoms with Crippen LogP contribution in [0.1, 0.15) is 12.0 Å². The van der Waals surface area contributed by atoms with Gasteiger partial charge in [0.2, 0.25) is 5.15 Å². The molecule has 0 aliphatic carbocycles. The van der Waals surface area contributed by atoms with Crippen molar-refractivity contribution in [2.24, 2.45) is 0 Å². The van der Waals surface area contributed by atoms with Crippen molar-refractivity contribution in [1.29, 1.82) is 0 Å². The van der Waals surface area contributed by atoms with E-state index in [1.54, 1.807) is 6.07 Å². The lowest BCUT2D eigenvalue weighted by Crippen LogP contribution is -2.10. The summed E-state index contributed by atoms with van der Waals surface area (Å²) in [6.45, 7) is 0.594. The number of halogens is 1. The fourth-order valence-corrected chi connectivity index (χ4v) is 2.49. The minimum Gasteiger partial charge on any atom is -0.493 e. The number of nitro groups is 1. The maximum atomic E-state index is 11.2. The van der Waals surface area contributed by atoms with E-state index in [-0.39, 0.29) is 16.5 Å². The first-order chi connectivity index (χ1) is 9.68. The normalized spacial score (nSPS) is 13.4. The first kappa shape index (κ1) is 12.8. The predicted molar refractivity (Wildman–Crippen MR) is 72.9 cm³/mol. The maximum absolute atomic E-state index is 11.2. The molecule has 0 saturated heterocycles. The van der Waals surface area contributed by atoms with Crippen molar-refractivity contribution >= 4 is 17.3 Å². The van der Waals surface area contributed by atoms with Crippen molar-refractivity contribution in [2.45, 2.75) is 12.8 Å². The van der Waals surface area contributed by atoms with Crippen LogP contribution in [-0.2, 0) is 6.42 Å². The summed E-state index contributed by atoms with van der Waals surface area (Å²) < 4.78 is 5.66. The SMILES string of the molecule is O=[N+]([O-])c1c(Cl)ncnc1-c1cccc2c1OCCC2. The molecule has 1 aliphatic rings. The van der Waals surface area contributed by atoms with E-state index >= 15 is 0 Å². The summed E-state index contributed by atoms with van der Waals surface area (Å²) in [5.74, 6) is 0.650. The van der Waals surface area contributed by atoms with Gasteiger partial charge >= 0.3 is 5.69 Å². The molecule has 0 saturated carbocycles. The molecule has 2 heterocycles. The summed E-state index contributed by atoms with van der Waals surface area (Å²) in [6.07, 6.45) is 3.03. The maximum Gasteiger partial charge on any atom is 0.332 e. The number of fused-ring (bicyclic) bond motifs is 1. The monoisotopic (exact) mass is 291 g/mol. The third kappa shape index (κ3) is 2.08. The molecule has 1 aliphatic heterocycles. The summed E-state index contributed by atoms with van der Waals surface area (Å²) >= 11 is 5.82. The molecule has 0 amide bonds. The number of benzene rings is 1. The van der Waals surface area contributed by atoms with Crippen LogP contribution in [-0.4, -0.2) is 21.5 Å². The van der Waals surface area contributed by atoms with Crippen molar-refractivity contribution in [3.8, 4) is 17.0 Å². The summed E-state index contributed by atoms with van der Waals surface area (Å²) in [4.78, 5) is 18.3. The molecule has 2 aromatic rings. The van der Waals surface area contributed by atoms with Gasteiger partial charge in [0.15, 0.2) is 5.69 Å². The Morgan fingerprint density at radius 3 is 3.00 bits per heavy atom. The fourth-order valence-electron chi connectivity index (χ4n) is 2.29. The van der Waals surface area contributed by atoms with Gasteiger partial charge in [-0.05, 0) is 24.5 Å². The molecule has 6 nitrogen and oxygen atoms in total. The Hall–Kier alpha value is -2.21. The Kier molecular flexibility index (Phi) is 3.23. The Bertz CT molecular complexity index is 691. The average molecular weight is 292 g/mol. The molecule has 3 rings (SSSR count). The van der Waals surface area contributed by atoms with E-state index in [1.807, 2.05) is 12.1 Å². The molecule has 7 heteroatoms. The van der Waals surface area contributed by atoms with Crippen molar-refractivity contribution in [3.05, 3.63) is 45.4 Å². The average Bonchev–Trinajstić information content (AvgIpc) is 2.46. The number of aryl methyl sites for hydroxylation is 1. The van der Waals surface area contributed by atoms with E-state index in [0.29, 0.717) is 17.9 Å². The lowest BCUT2D eigenvalue weighted by Gasteiger charge is -2.19. The van der Waals surface area contributed by atoms with Crippen LogP contribution < -0.4 is 4.74 Å². The summed E-state index contributed by atoms with van der Waals surface area (Å²) in [7, 11) is 0. The summed E-state index contributed by atoms with van der Waals surface area (Å²) in [5.41, 5.74) is 1.50. The molecular weight excluding hydrogens is 282 g/mol. The molecule has 20 heavy (non-hydrogen) atoms. The molecule has 0 unspecified atom stereocenters. The lowest BCUT2D eigenvalue weighted by molar-refractivity contribution is -0.384. The third-order valence-corrected chi connectivity index (χ3v) is 3.43. The van der Waals surface area contributed by atoms with Gasteiger partial charge in [0, 0.05) is 5.56 Å². The van der Waals surface area contributed by atoms with E-state index in [2.05, 4.69) is 9.97 Å². The van der Waals surface area contributed by atoms with E-state index in [9.17, 15) is 10.1 Å². The topological polar surface area (TPSA) is 78.2 Å². The number of ether oxygens (including phenoxy) is 1. The predicted octanol–water partition coefficient (Wildman–Crippen LogP) is 3.03. The number of hydrogen-bond acceptors (Lipinski definition) is 5. The number of rotatable bonds is 2. The molecule has 0 bridgehead atoms. The van der Waals surface area contributed by atoms with Gasteiger partial charge in [-0.3, -0.25) is 10.1 Å². The largest absolute Gasteiger partial charge is 0.493 e. The smallest absolute Gasteiger partial charge is 0.332 e. The first-order valence-corrected chi connectivity index (χ1v) is 6.46. The number of aromatic nitrogens is 2. The molecular formula is C13H10ClN3O3. The quantitative estimate of drug-likeness (QED) is 0.483. The molecule has 0 N–H and O–H groups in total. The van der Waals surface area contributed by atoms with Crippen LogP contribution in [0.3, 0.4) is 0 Å². The Labute approximate surface area is 119 Å². The van der Waals surface area contributed by atoms with Crippen LogP contribution in [0, 0.1) is 10.1 Å². The van der Waals surface area contributed by atoms with Crippen LogP contribution in [0.5, 0.6) is 5.75 Å². The summed E-state index contributed by atoms with van der Waals surface area (Å²) in [5, 5.41) is 11.0. The molecule has 0 atom stereocenters. The molecule has 102 valence electrons. The first-order valence-electron chi connectivity index (χ1n) is 6.08. The van der Waals surface area contributed by atoms with Gasteiger partial charge in [0.1, 0.15) is 12.1 Å². The van der Waals surface area contributed by atoms with Gasteiger partial charge in [-0.25, -0.2) is 9.97 Å². The van der Waals surface area contributed by atoms with Gasteiger partial charge in [-0.15, -0.1) is 0 Å². The number of hydrogen-bond donors (Lipinski definition) is 0. The molecule has 0 spiro atoms. The highest BCUT2D eigenvalue weighted by Crippen LogP contribution is 2.40. The van der Waals surface area contributed by atoms with Crippen LogP contribution in [0.25, 0.3) is 11.3 Å². The summed E-state index contributed by atoms with van der Waals surface area (Å²) in [6, 6.07) is 5.53. The highest BCUT2D eigenvalue weighted by molar-refractivity contribution is 6.31. The minimum absolute atomic E-state index is 0.173. The van der Waals surface area contributed by atoms with Crippen molar-refractivity contribution in [1.82, 2.24) is 9.97 Å². The van der Waals surface area contributed by atoms with E-state index in [1.165, 1.54) is 6.33 Å². The van der Waals surface area contributed by atoms with Gasteiger partial charge in [-0.1, -0.05) is 23.7 Å². The van der Waals surface area contributed by atoms with Gasteiger partial charge in [0.05, 0.1) is 11.5 Å². The zero-order valence-corrected chi connectivity index (χ0v) is 11.1. The highest BCUT2D eigenvalue weighted by atomic mass is 35.5. The van der Waals surface area contributed by atoms with Crippen molar-refractivity contribution < 1.29 is 9.66 Å². The highest BCUT2D eigenvalue weighted by Gasteiger charge is 2.26. The van der Waals surface area contributed by atoms with Gasteiger partial charge in [0.25, 0.3) is 0 Å². The second kappa shape index (κ2) is 5.05. The fraction of sp³-hybridized carbons (Fsp3) is 0.231. The second-order valence-electron chi connectivity index (χ2n) is 4.36. The lowest BCUT2D eigenvalue weighted by atomic mass is 10.00. The van der Waals surface area contributed by atoms with Crippen LogP contribution >= 0.6 is 11.6 Å². The van der Waals surface area contributed by atoms with Gasteiger partial charge < -0.3 is 4.74 Å². The van der Waals surface area contributed by atoms with Gasteiger partial charge in [-0.2, -0.15) is 0 Å². The zero-order chi connectivity index (χ0) is 14.1. The number of nitrogens with zero attached hydrogens (tertiary/aromatic N) is 3. The van der Waals surface area contributed by atoms with Crippen LogP contribution in [0.4, 0.5) is 5.69 Å². The van der Waals surface area contributed by atoms with Crippen LogP contribution in [0.15, 0.2) is 24.5 Å². The molecule has 0 radical (unpaired) electrons. The van der Waals surface area contributed by atoms with E-state index in [4.69, 9.17) is 16.3 Å². The van der Waals surface area contributed by atoms with E-state index < -0.39 is 4.92 Å². The number of para-hydroxylation sites is 1. The second-order valence-corrected chi connectivity index (χ2v) is 4.72. The third-order valence-electron chi connectivity index (χ3n) is 3.15. The Balaban J connectivity index is 2.24. The van der Waals surface area contributed by atoms with Crippen molar-refractivity contribution in [3.63, 3.8) is 0 Å². The zero-order valence-electron chi connectivity index (χ0n) is 10.4. The van der Waals surface area contributed by atoms with E-state index in [0.717, 1.165) is 18.4 Å². The van der Waals surface area contributed by atoms with Crippen molar-refractivity contribution in [2.75, 3.05) is 6.61 Å². The molecule has 0 fully saturated rings. The minimum atomic E-state index is -0.570. The Morgan fingerprint density at radius 1 is 1.35 bits per heavy atom. The standard InChI is InChI=1S/C13H10ClN3O3/c14-13-11(17(18)19)10(15-7-16-13)9-5-1-3-8-4-2-6-20-12(8)9/h1,3,5,7H,2,4,6H2. The molecule has 1 aromatic carbocycles. The Morgan fingerprint density at radius 2 is 2.20 bits per heavy atom. The van der Waals surface area contributed by atoms with Crippen LogP contribution in [0.2, 0.25) is 5.15 Å². The molecule has 1 aromatic heterocycles.